The molecule has 0 fully saturated rings. The van der Waals surface area contributed by atoms with Crippen molar-refractivity contribution in [3.63, 3.8) is 0 Å². The molecule has 0 amide bonds. The van der Waals surface area contributed by atoms with Crippen molar-refractivity contribution in [3.05, 3.63) is 58.3 Å². The first-order chi connectivity index (χ1) is 15.9. The molecular formula is C23H22F4N2O4S. The van der Waals surface area contributed by atoms with Crippen molar-refractivity contribution in [2.45, 2.75) is 46.1 Å². The molecule has 0 aliphatic carbocycles. The molecule has 1 heterocycles. The van der Waals surface area contributed by atoms with E-state index in [0.717, 1.165) is 29.2 Å². The van der Waals surface area contributed by atoms with Gasteiger partial charge in [-0.1, -0.05) is 6.07 Å². The number of aromatic nitrogens is 2. The number of ether oxygens (including phenoxy) is 3. The molecule has 0 saturated carbocycles. The fourth-order valence-electron chi connectivity index (χ4n) is 2.91. The van der Waals surface area contributed by atoms with Gasteiger partial charge in [0.2, 0.25) is 0 Å². The van der Waals surface area contributed by atoms with Gasteiger partial charge < -0.3 is 14.2 Å². The quantitative estimate of drug-likeness (QED) is 0.282. The van der Waals surface area contributed by atoms with E-state index in [9.17, 15) is 22.4 Å². The van der Waals surface area contributed by atoms with E-state index in [1.165, 1.54) is 0 Å². The number of hydrogen-bond acceptors (Lipinski definition) is 7. The number of halogens is 4. The normalized spacial score (nSPS) is 11.9. The van der Waals surface area contributed by atoms with E-state index in [2.05, 4.69) is 9.36 Å². The molecule has 0 spiro atoms. The standard InChI is InChI=1S/C23H22F4N2O4S/c1-5-31-21(30)22(3,4)33-18-9-7-15(10-13(18)2)32-12-19-28-20(29-34-19)14-6-8-16(17(24)11-14)23(25,26)27/h6-11H,5,12H2,1-4H3. The Morgan fingerprint density at radius 1 is 1.12 bits per heavy atom. The fraction of sp³-hybridized carbons (Fsp3) is 0.348. The molecule has 0 aliphatic heterocycles. The predicted octanol–water partition coefficient (Wildman–Crippen LogP) is 5.97. The zero-order valence-electron chi connectivity index (χ0n) is 18.8. The predicted molar refractivity (Wildman–Crippen MR) is 117 cm³/mol. The van der Waals surface area contributed by atoms with Gasteiger partial charge in [0.1, 0.15) is 23.9 Å². The molecular weight excluding hydrogens is 476 g/mol. The van der Waals surface area contributed by atoms with Crippen LogP contribution in [0.2, 0.25) is 0 Å². The van der Waals surface area contributed by atoms with Crippen molar-refractivity contribution < 1.29 is 36.6 Å². The van der Waals surface area contributed by atoms with Crippen LogP contribution in [0.15, 0.2) is 36.4 Å². The van der Waals surface area contributed by atoms with Crippen molar-refractivity contribution in [1.82, 2.24) is 9.36 Å². The third kappa shape index (κ3) is 6.02. The number of hydrogen-bond donors (Lipinski definition) is 0. The molecule has 3 rings (SSSR count). The van der Waals surface area contributed by atoms with Gasteiger partial charge in [-0.25, -0.2) is 14.2 Å². The number of carbonyl (C=O) groups excluding carboxylic acids is 1. The van der Waals surface area contributed by atoms with Gasteiger partial charge in [0.05, 0.1) is 12.2 Å². The first-order valence-electron chi connectivity index (χ1n) is 10.2. The van der Waals surface area contributed by atoms with Gasteiger partial charge >= 0.3 is 12.1 Å². The number of aryl methyl sites for hydroxylation is 1. The molecule has 182 valence electrons. The van der Waals surface area contributed by atoms with E-state index in [1.807, 2.05) is 0 Å². The van der Waals surface area contributed by atoms with Crippen LogP contribution < -0.4 is 9.47 Å². The van der Waals surface area contributed by atoms with Crippen molar-refractivity contribution in [2.24, 2.45) is 0 Å². The number of benzene rings is 2. The molecule has 0 bridgehead atoms. The number of esters is 1. The number of carbonyl (C=O) groups is 1. The number of nitrogens with zero attached hydrogens (tertiary/aromatic N) is 2. The first kappa shape index (κ1) is 25.4. The maximum atomic E-state index is 13.8. The number of alkyl halides is 3. The van der Waals surface area contributed by atoms with Crippen LogP contribution in [0.25, 0.3) is 11.4 Å². The van der Waals surface area contributed by atoms with Gasteiger partial charge in [0.25, 0.3) is 0 Å². The molecule has 11 heteroatoms. The van der Waals surface area contributed by atoms with E-state index in [4.69, 9.17) is 14.2 Å². The fourth-order valence-corrected chi connectivity index (χ4v) is 3.48. The first-order valence-corrected chi connectivity index (χ1v) is 11.0. The third-order valence-electron chi connectivity index (χ3n) is 4.64. The summed E-state index contributed by atoms with van der Waals surface area (Å²) in [5, 5.41) is 0.455. The van der Waals surface area contributed by atoms with Gasteiger partial charge in [0.15, 0.2) is 16.4 Å². The average molecular weight is 498 g/mol. The number of rotatable bonds is 8. The smallest absolute Gasteiger partial charge is 0.419 e. The Morgan fingerprint density at radius 3 is 2.47 bits per heavy atom. The van der Waals surface area contributed by atoms with Crippen molar-refractivity contribution >= 4 is 17.5 Å². The Morgan fingerprint density at radius 2 is 1.85 bits per heavy atom. The molecule has 34 heavy (non-hydrogen) atoms. The van der Waals surface area contributed by atoms with Gasteiger partial charge in [0, 0.05) is 5.56 Å². The topological polar surface area (TPSA) is 70.5 Å². The largest absolute Gasteiger partial charge is 0.486 e. The lowest BCUT2D eigenvalue weighted by Gasteiger charge is -2.25. The molecule has 0 aliphatic rings. The highest BCUT2D eigenvalue weighted by atomic mass is 32.1. The van der Waals surface area contributed by atoms with Crippen LogP contribution in [0.4, 0.5) is 17.6 Å². The molecule has 2 aromatic carbocycles. The van der Waals surface area contributed by atoms with Crippen LogP contribution in [0.1, 0.15) is 36.9 Å². The Bertz CT molecular complexity index is 1180. The van der Waals surface area contributed by atoms with Crippen molar-refractivity contribution in [2.75, 3.05) is 6.61 Å². The van der Waals surface area contributed by atoms with Crippen LogP contribution in [0.5, 0.6) is 11.5 Å². The zero-order valence-corrected chi connectivity index (χ0v) is 19.6. The van der Waals surface area contributed by atoms with E-state index in [0.29, 0.717) is 22.6 Å². The summed E-state index contributed by atoms with van der Waals surface area (Å²) in [4.78, 5) is 16.2. The summed E-state index contributed by atoms with van der Waals surface area (Å²) < 4.78 is 72.7. The van der Waals surface area contributed by atoms with Crippen LogP contribution in [0, 0.1) is 12.7 Å². The summed E-state index contributed by atoms with van der Waals surface area (Å²) in [6.07, 6.45) is -4.77. The summed E-state index contributed by atoms with van der Waals surface area (Å²) in [5.41, 5.74) is -1.64. The van der Waals surface area contributed by atoms with Crippen LogP contribution in [-0.2, 0) is 22.3 Å². The average Bonchev–Trinajstić information content (AvgIpc) is 3.22. The minimum Gasteiger partial charge on any atom is -0.486 e. The monoisotopic (exact) mass is 498 g/mol. The molecule has 1 aromatic heterocycles. The van der Waals surface area contributed by atoms with E-state index in [1.54, 1.807) is 45.9 Å². The van der Waals surface area contributed by atoms with Gasteiger partial charge in [-0.05, 0) is 75.1 Å². The molecule has 0 saturated heterocycles. The lowest BCUT2D eigenvalue weighted by Crippen LogP contribution is -2.39. The van der Waals surface area contributed by atoms with Gasteiger partial charge in [-0.2, -0.15) is 17.5 Å². The molecule has 0 N–H and O–H groups in total. The molecule has 3 aromatic rings. The Hall–Kier alpha value is -3.21. The molecule has 6 nitrogen and oxygen atoms in total. The Labute approximate surface area is 197 Å². The second-order valence-corrected chi connectivity index (χ2v) is 8.59. The highest BCUT2D eigenvalue weighted by Gasteiger charge is 2.34. The van der Waals surface area contributed by atoms with E-state index >= 15 is 0 Å². The van der Waals surface area contributed by atoms with Crippen molar-refractivity contribution in [1.29, 1.82) is 0 Å². The van der Waals surface area contributed by atoms with Crippen LogP contribution >= 0.6 is 11.5 Å². The highest BCUT2D eigenvalue weighted by Crippen LogP contribution is 2.33. The summed E-state index contributed by atoms with van der Waals surface area (Å²) in [5.74, 6) is -0.752. The van der Waals surface area contributed by atoms with E-state index < -0.39 is 29.1 Å². The SMILES string of the molecule is CCOC(=O)C(C)(C)Oc1ccc(OCc2nc(-c3ccc(C(F)(F)F)c(F)c3)ns2)cc1C. The summed E-state index contributed by atoms with van der Waals surface area (Å²) >= 11 is 0.995. The Balaban J connectivity index is 1.65. The van der Waals surface area contributed by atoms with Crippen LogP contribution in [-0.4, -0.2) is 27.5 Å². The van der Waals surface area contributed by atoms with Crippen LogP contribution in [0.3, 0.4) is 0 Å². The van der Waals surface area contributed by atoms with Crippen molar-refractivity contribution in [3.8, 4) is 22.9 Å². The molecule has 0 atom stereocenters. The molecule has 0 unspecified atom stereocenters. The maximum Gasteiger partial charge on any atom is 0.419 e. The molecule has 0 radical (unpaired) electrons. The lowest BCUT2D eigenvalue weighted by atomic mass is 10.1. The summed E-state index contributed by atoms with van der Waals surface area (Å²) in [7, 11) is 0. The second-order valence-electron chi connectivity index (χ2n) is 7.75. The third-order valence-corrected chi connectivity index (χ3v) is 5.33. The van der Waals surface area contributed by atoms with Gasteiger partial charge in [-0.3, -0.25) is 0 Å². The minimum atomic E-state index is -4.77. The maximum absolute atomic E-state index is 13.8. The minimum absolute atomic E-state index is 0.0503. The lowest BCUT2D eigenvalue weighted by molar-refractivity contribution is -0.158. The zero-order chi connectivity index (χ0) is 25.1. The Kier molecular flexibility index (Phi) is 7.44. The second kappa shape index (κ2) is 9.96. The van der Waals surface area contributed by atoms with E-state index in [-0.39, 0.29) is 24.6 Å². The summed E-state index contributed by atoms with van der Waals surface area (Å²) in [6, 6.07) is 7.61. The highest BCUT2D eigenvalue weighted by molar-refractivity contribution is 7.05. The van der Waals surface area contributed by atoms with Gasteiger partial charge in [-0.15, -0.1) is 0 Å². The summed E-state index contributed by atoms with van der Waals surface area (Å²) in [6.45, 7) is 7.04.